The van der Waals surface area contributed by atoms with Crippen molar-refractivity contribution in [1.29, 1.82) is 0 Å². The number of nitrogens with two attached hydrogens (primary N) is 1. The average molecular weight is 410 g/mol. The number of anilines is 1. The van der Waals surface area contributed by atoms with Gasteiger partial charge in [-0.3, -0.25) is 4.68 Å². The summed E-state index contributed by atoms with van der Waals surface area (Å²) >= 11 is 0. The van der Waals surface area contributed by atoms with Crippen molar-refractivity contribution >= 4 is 17.0 Å². The zero-order chi connectivity index (χ0) is 20.7. The van der Waals surface area contributed by atoms with Crippen LogP contribution in [0, 0.1) is 11.6 Å². The summed E-state index contributed by atoms with van der Waals surface area (Å²) in [6, 6.07) is 4.80. The molecule has 30 heavy (non-hydrogen) atoms. The molecule has 1 aliphatic heterocycles. The lowest BCUT2D eigenvalue weighted by Gasteiger charge is -2.13. The summed E-state index contributed by atoms with van der Waals surface area (Å²) in [7, 11) is 0. The third-order valence-corrected chi connectivity index (χ3v) is 5.46. The van der Waals surface area contributed by atoms with Crippen LogP contribution in [0.4, 0.5) is 14.6 Å². The molecule has 3 aromatic heterocycles. The van der Waals surface area contributed by atoms with Gasteiger partial charge in [-0.25, -0.2) is 13.8 Å². The molecule has 0 amide bonds. The minimum absolute atomic E-state index is 0.147. The topological polar surface area (TPSA) is 110 Å². The van der Waals surface area contributed by atoms with Gasteiger partial charge in [-0.2, -0.15) is 15.4 Å². The van der Waals surface area contributed by atoms with Gasteiger partial charge in [0.05, 0.1) is 12.7 Å². The second kappa shape index (κ2) is 7.45. The second-order valence-electron chi connectivity index (χ2n) is 7.59. The number of benzene rings is 1. The summed E-state index contributed by atoms with van der Waals surface area (Å²) in [5.74, 6) is -1.08. The molecule has 1 aromatic carbocycles. The molecule has 5 rings (SSSR count). The van der Waals surface area contributed by atoms with E-state index in [0.29, 0.717) is 29.0 Å². The predicted molar refractivity (Wildman–Crippen MR) is 107 cm³/mol. The van der Waals surface area contributed by atoms with E-state index >= 15 is 0 Å². The molecular weight excluding hydrogens is 390 g/mol. The lowest BCUT2D eigenvalue weighted by Crippen LogP contribution is -2.10. The highest BCUT2D eigenvalue weighted by atomic mass is 19.2. The molecule has 1 atom stereocenters. The molecule has 10 heteroatoms. The predicted octanol–water partition coefficient (Wildman–Crippen LogP) is 2.13. The monoisotopic (exact) mass is 410 g/mol. The van der Waals surface area contributed by atoms with Gasteiger partial charge in [0.1, 0.15) is 11.3 Å². The molecule has 4 N–H and O–H groups in total. The van der Waals surface area contributed by atoms with Crippen LogP contribution in [0.2, 0.25) is 0 Å². The van der Waals surface area contributed by atoms with Gasteiger partial charge in [0.15, 0.2) is 11.6 Å². The van der Waals surface area contributed by atoms with Crippen molar-refractivity contribution in [1.82, 2.24) is 35.5 Å². The molecular formula is C20H20F2N8. The third kappa shape index (κ3) is 3.50. The molecule has 1 saturated heterocycles. The van der Waals surface area contributed by atoms with Gasteiger partial charge >= 0.3 is 0 Å². The Morgan fingerprint density at radius 1 is 1.17 bits per heavy atom. The summed E-state index contributed by atoms with van der Waals surface area (Å²) in [4.78, 5) is 4.13. The molecule has 8 nitrogen and oxygen atoms in total. The maximum absolute atomic E-state index is 14.4. The Morgan fingerprint density at radius 2 is 2.07 bits per heavy atom. The normalized spacial score (nSPS) is 16.5. The van der Waals surface area contributed by atoms with Crippen molar-refractivity contribution in [3.05, 3.63) is 64.5 Å². The number of rotatable bonds is 5. The highest BCUT2D eigenvalue weighted by molar-refractivity contribution is 5.76. The van der Waals surface area contributed by atoms with Crippen molar-refractivity contribution in [2.75, 3.05) is 18.8 Å². The first kappa shape index (κ1) is 18.6. The molecule has 1 fully saturated rings. The minimum Gasteiger partial charge on any atom is -0.384 e. The number of H-pyrrole nitrogens is 1. The Labute approximate surface area is 170 Å². The van der Waals surface area contributed by atoms with E-state index in [1.807, 2.05) is 6.20 Å². The summed E-state index contributed by atoms with van der Waals surface area (Å²) in [5, 5.41) is 18.2. The Balaban J connectivity index is 1.39. The summed E-state index contributed by atoms with van der Waals surface area (Å²) in [6.07, 6.45) is 4.94. The molecule has 4 aromatic rings. The number of aromatic amines is 1. The van der Waals surface area contributed by atoms with Gasteiger partial charge in [0.25, 0.3) is 0 Å². The summed E-state index contributed by atoms with van der Waals surface area (Å²) in [6.45, 7) is 1.82. The molecule has 0 spiro atoms. The molecule has 4 heterocycles. The largest absolute Gasteiger partial charge is 0.384 e. The van der Waals surface area contributed by atoms with Crippen LogP contribution in [0.5, 0.6) is 0 Å². The zero-order valence-corrected chi connectivity index (χ0v) is 16.1. The number of pyridine rings is 1. The van der Waals surface area contributed by atoms with E-state index in [2.05, 4.69) is 30.8 Å². The van der Waals surface area contributed by atoms with E-state index in [1.54, 1.807) is 23.0 Å². The highest BCUT2D eigenvalue weighted by Gasteiger charge is 2.20. The van der Waals surface area contributed by atoms with Gasteiger partial charge in [-0.05, 0) is 47.7 Å². The van der Waals surface area contributed by atoms with Crippen LogP contribution in [-0.2, 0) is 13.0 Å². The Kier molecular flexibility index (Phi) is 4.62. The zero-order valence-electron chi connectivity index (χ0n) is 16.1. The fraction of sp³-hybridized carbons (Fsp3) is 0.300. The van der Waals surface area contributed by atoms with Gasteiger partial charge in [-0.1, -0.05) is 6.07 Å². The number of hydrogen-bond acceptors (Lipinski definition) is 6. The Hall–Kier alpha value is -3.40. The number of nitrogens with one attached hydrogen (secondary N) is 2. The molecule has 0 radical (unpaired) electrons. The fourth-order valence-electron chi connectivity index (χ4n) is 3.99. The van der Waals surface area contributed by atoms with Crippen LogP contribution in [0.3, 0.4) is 0 Å². The minimum atomic E-state index is -0.826. The van der Waals surface area contributed by atoms with Crippen molar-refractivity contribution in [3.63, 3.8) is 0 Å². The first-order valence-electron chi connectivity index (χ1n) is 9.72. The molecule has 0 aliphatic carbocycles. The number of nitrogens with zero attached hydrogens (tertiary/aromatic N) is 5. The van der Waals surface area contributed by atoms with E-state index < -0.39 is 11.6 Å². The molecule has 0 bridgehead atoms. The van der Waals surface area contributed by atoms with Crippen LogP contribution >= 0.6 is 0 Å². The van der Waals surface area contributed by atoms with Crippen molar-refractivity contribution < 1.29 is 8.78 Å². The van der Waals surface area contributed by atoms with Crippen molar-refractivity contribution in [2.24, 2.45) is 0 Å². The number of aromatic nitrogens is 6. The van der Waals surface area contributed by atoms with E-state index in [0.717, 1.165) is 36.2 Å². The fourth-order valence-corrected chi connectivity index (χ4v) is 3.99. The average Bonchev–Trinajstić information content (AvgIpc) is 3.47. The maximum Gasteiger partial charge on any atom is 0.203 e. The Bertz CT molecular complexity index is 1210. The second-order valence-corrected chi connectivity index (χ2v) is 7.59. The lowest BCUT2D eigenvalue weighted by molar-refractivity contribution is 0.488. The smallest absolute Gasteiger partial charge is 0.203 e. The van der Waals surface area contributed by atoms with Crippen LogP contribution in [0.1, 0.15) is 34.6 Å². The van der Waals surface area contributed by atoms with E-state index in [9.17, 15) is 8.78 Å². The lowest BCUT2D eigenvalue weighted by atomic mass is 9.96. The first-order chi connectivity index (χ1) is 14.6. The third-order valence-electron chi connectivity index (χ3n) is 5.46. The quantitative estimate of drug-likeness (QED) is 0.465. The number of nitrogen functional groups attached to an aromatic ring is 1. The maximum atomic E-state index is 14.4. The van der Waals surface area contributed by atoms with Gasteiger partial charge in [0.2, 0.25) is 5.65 Å². The summed E-state index contributed by atoms with van der Waals surface area (Å²) in [5.41, 5.74) is 9.80. The van der Waals surface area contributed by atoms with Crippen molar-refractivity contribution in [2.45, 2.75) is 25.3 Å². The van der Waals surface area contributed by atoms with Gasteiger partial charge in [-0.15, -0.1) is 5.10 Å². The molecule has 1 aliphatic rings. The van der Waals surface area contributed by atoms with Crippen LogP contribution in [-0.4, -0.2) is 43.3 Å². The van der Waals surface area contributed by atoms with Gasteiger partial charge in [0, 0.05) is 24.7 Å². The van der Waals surface area contributed by atoms with Gasteiger partial charge < -0.3 is 11.1 Å². The standard InChI is InChI=1S/C20H20F2N8/c21-16-5-13(12-1-2-24-8-12)4-15(18(16)22)10-30-9-11(7-25-30)3-14-6-17(23)26-20-19(14)27-29-28-20/h4-7,9,12,24H,1-3,8,10H2,(H3,23,26,27,28,29)/t12-/m1/s1. The SMILES string of the molecule is Nc1cc(Cc2cnn(Cc3cc([C@@H]4CCNC4)cc(F)c3F)c2)c2n[nH]nc2n1. The Morgan fingerprint density at radius 3 is 2.90 bits per heavy atom. The molecule has 0 unspecified atom stereocenters. The van der Waals surface area contributed by atoms with Crippen LogP contribution < -0.4 is 11.1 Å². The van der Waals surface area contributed by atoms with E-state index in [-0.39, 0.29) is 12.5 Å². The van der Waals surface area contributed by atoms with Crippen LogP contribution in [0.25, 0.3) is 11.2 Å². The number of fused-ring (bicyclic) bond motifs is 1. The number of hydrogen-bond donors (Lipinski definition) is 3. The molecule has 0 saturated carbocycles. The van der Waals surface area contributed by atoms with Crippen LogP contribution in [0.15, 0.2) is 30.6 Å². The first-order valence-corrected chi connectivity index (χ1v) is 9.72. The van der Waals surface area contributed by atoms with Crippen molar-refractivity contribution in [3.8, 4) is 0 Å². The van der Waals surface area contributed by atoms with E-state index in [4.69, 9.17) is 5.73 Å². The van der Waals surface area contributed by atoms with E-state index in [1.165, 1.54) is 6.07 Å². The highest BCUT2D eigenvalue weighted by Crippen LogP contribution is 2.26. The number of halogens is 2. The summed E-state index contributed by atoms with van der Waals surface area (Å²) < 4.78 is 30.2. The molecule has 154 valence electrons.